The largest absolute Gasteiger partial charge is 0.327 e. The van der Waals surface area contributed by atoms with Crippen LogP contribution in [0.4, 0.5) is 0 Å². The molecule has 1 aliphatic rings. The Morgan fingerprint density at radius 1 is 1.60 bits per heavy atom. The Bertz CT molecular complexity index is 287. The van der Waals surface area contributed by atoms with Crippen molar-refractivity contribution in [2.45, 2.75) is 48.2 Å². The van der Waals surface area contributed by atoms with E-state index in [1.165, 1.54) is 30.0 Å². The maximum absolute atomic E-state index is 6.17. The van der Waals surface area contributed by atoms with Crippen molar-refractivity contribution in [1.29, 1.82) is 0 Å². The van der Waals surface area contributed by atoms with Crippen LogP contribution in [-0.2, 0) is 0 Å². The minimum atomic E-state index is 0.363. The van der Waals surface area contributed by atoms with Crippen molar-refractivity contribution < 1.29 is 0 Å². The van der Waals surface area contributed by atoms with Crippen molar-refractivity contribution in [3.05, 3.63) is 11.6 Å². The normalized spacial score (nSPS) is 31.7. The smallest absolute Gasteiger partial charge is 0.150 e. The molecule has 0 amide bonds. The number of hydrogen-bond donors (Lipinski definition) is 1. The van der Waals surface area contributed by atoms with Gasteiger partial charge in [0, 0.05) is 22.9 Å². The van der Waals surface area contributed by atoms with Gasteiger partial charge in [-0.25, -0.2) is 4.98 Å². The number of thiazole rings is 1. The number of thioether (sulfide) groups is 1. The summed E-state index contributed by atoms with van der Waals surface area (Å²) in [5.41, 5.74) is 6.17. The molecule has 84 valence electrons. The van der Waals surface area contributed by atoms with E-state index in [0.29, 0.717) is 11.3 Å². The van der Waals surface area contributed by atoms with E-state index in [1.807, 2.05) is 23.3 Å². The lowest BCUT2D eigenvalue weighted by atomic mass is 9.84. The second kappa shape index (κ2) is 5.32. The minimum Gasteiger partial charge on any atom is -0.327 e. The molecule has 0 spiro atoms. The van der Waals surface area contributed by atoms with Gasteiger partial charge in [0.15, 0.2) is 0 Å². The summed E-state index contributed by atoms with van der Waals surface area (Å²) in [5.74, 6) is 0.877. The first kappa shape index (κ1) is 11.4. The molecule has 2 nitrogen and oxygen atoms in total. The lowest BCUT2D eigenvalue weighted by Crippen LogP contribution is -2.38. The topological polar surface area (TPSA) is 38.9 Å². The van der Waals surface area contributed by atoms with E-state index in [1.54, 1.807) is 11.3 Å². The first-order chi connectivity index (χ1) is 7.29. The van der Waals surface area contributed by atoms with Gasteiger partial charge < -0.3 is 5.73 Å². The first-order valence-corrected chi connectivity index (χ1v) is 7.37. The monoisotopic (exact) mass is 242 g/mol. The number of hydrogen-bond acceptors (Lipinski definition) is 4. The van der Waals surface area contributed by atoms with Crippen LogP contribution in [0.2, 0.25) is 0 Å². The highest BCUT2D eigenvalue weighted by Gasteiger charge is 2.28. The van der Waals surface area contributed by atoms with Gasteiger partial charge in [0.1, 0.15) is 4.34 Å². The van der Waals surface area contributed by atoms with Crippen molar-refractivity contribution in [2.75, 3.05) is 0 Å². The Kier molecular flexibility index (Phi) is 4.05. The molecule has 15 heavy (non-hydrogen) atoms. The van der Waals surface area contributed by atoms with Crippen LogP contribution in [0.3, 0.4) is 0 Å². The second-order valence-corrected chi connectivity index (χ2v) is 6.59. The van der Waals surface area contributed by atoms with Gasteiger partial charge in [-0.3, -0.25) is 0 Å². The van der Waals surface area contributed by atoms with Crippen LogP contribution in [-0.4, -0.2) is 16.3 Å². The number of nitrogens with zero attached hydrogens (tertiary/aromatic N) is 1. The van der Waals surface area contributed by atoms with Gasteiger partial charge in [-0.15, -0.1) is 11.3 Å². The molecule has 1 aromatic heterocycles. The van der Waals surface area contributed by atoms with Crippen LogP contribution in [0.1, 0.15) is 32.6 Å². The SMILES string of the molecule is CCC1CCC(N)C(Sc2nccs2)C1. The summed E-state index contributed by atoms with van der Waals surface area (Å²) in [6.07, 6.45) is 6.93. The van der Waals surface area contributed by atoms with E-state index in [4.69, 9.17) is 5.73 Å². The molecule has 3 atom stereocenters. The molecule has 1 saturated carbocycles. The van der Waals surface area contributed by atoms with E-state index >= 15 is 0 Å². The zero-order chi connectivity index (χ0) is 10.7. The van der Waals surface area contributed by atoms with E-state index in [2.05, 4.69) is 11.9 Å². The molecule has 0 bridgehead atoms. The second-order valence-electron chi connectivity index (χ2n) is 4.21. The molecule has 2 rings (SSSR count). The average Bonchev–Trinajstić information content (AvgIpc) is 2.74. The van der Waals surface area contributed by atoms with E-state index < -0.39 is 0 Å². The van der Waals surface area contributed by atoms with Crippen LogP contribution in [0, 0.1) is 5.92 Å². The van der Waals surface area contributed by atoms with Gasteiger partial charge >= 0.3 is 0 Å². The Morgan fingerprint density at radius 2 is 2.47 bits per heavy atom. The third-order valence-corrected chi connectivity index (χ3v) is 5.48. The van der Waals surface area contributed by atoms with Crippen LogP contribution in [0.5, 0.6) is 0 Å². The van der Waals surface area contributed by atoms with Crippen molar-refractivity contribution in [3.8, 4) is 0 Å². The molecule has 3 unspecified atom stereocenters. The van der Waals surface area contributed by atoms with Gasteiger partial charge in [0.2, 0.25) is 0 Å². The maximum atomic E-state index is 6.17. The highest BCUT2D eigenvalue weighted by molar-refractivity contribution is 8.01. The van der Waals surface area contributed by atoms with Gasteiger partial charge in [-0.2, -0.15) is 0 Å². The Morgan fingerprint density at radius 3 is 3.13 bits per heavy atom. The molecule has 1 aliphatic carbocycles. The fourth-order valence-electron chi connectivity index (χ4n) is 2.14. The predicted octanol–water partition coefficient (Wildman–Crippen LogP) is 3.14. The number of aromatic nitrogens is 1. The summed E-state index contributed by atoms with van der Waals surface area (Å²) in [6, 6.07) is 0.363. The molecular weight excluding hydrogens is 224 g/mol. The van der Waals surface area contributed by atoms with Crippen LogP contribution in [0.15, 0.2) is 15.9 Å². The molecule has 1 aromatic rings. The zero-order valence-electron chi connectivity index (χ0n) is 9.06. The third-order valence-electron chi connectivity index (χ3n) is 3.19. The lowest BCUT2D eigenvalue weighted by Gasteiger charge is -2.32. The Hall–Kier alpha value is -0.0600. The average molecular weight is 242 g/mol. The third kappa shape index (κ3) is 2.95. The van der Waals surface area contributed by atoms with E-state index in [-0.39, 0.29) is 0 Å². The molecule has 4 heteroatoms. The van der Waals surface area contributed by atoms with Crippen molar-refractivity contribution in [3.63, 3.8) is 0 Å². The van der Waals surface area contributed by atoms with Crippen molar-refractivity contribution in [1.82, 2.24) is 4.98 Å². The summed E-state index contributed by atoms with van der Waals surface area (Å²) < 4.78 is 1.17. The van der Waals surface area contributed by atoms with Crippen LogP contribution in [0.25, 0.3) is 0 Å². The quantitative estimate of drug-likeness (QED) is 0.885. The molecule has 0 radical (unpaired) electrons. The number of rotatable bonds is 3. The standard InChI is InChI=1S/C11H18N2S2/c1-2-8-3-4-9(12)10(7-8)15-11-13-5-6-14-11/h5-6,8-10H,2-4,7,12H2,1H3. The first-order valence-electron chi connectivity index (χ1n) is 5.61. The zero-order valence-corrected chi connectivity index (χ0v) is 10.7. The van der Waals surface area contributed by atoms with Gasteiger partial charge in [-0.05, 0) is 25.2 Å². The minimum absolute atomic E-state index is 0.363. The molecule has 0 aliphatic heterocycles. The Labute approximate surface area is 99.7 Å². The lowest BCUT2D eigenvalue weighted by molar-refractivity contribution is 0.327. The molecule has 1 fully saturated rings. The van der Waals surface area contributed by atoms with Gasteiger partial charge in [0.25, 0.3) is 0 Å². The van der Waals surface area contributed by atoms with Crippen LogP contribution >= 0.6 is 23.1 Å². The molecule has 0 saturated heterocycles. The summed E-state index contributed by atoms with van der Waals surface area (Å²) in [4.78, 5) is 4.32. The molecule has 0 aromatic carbocycles. The molecule has 2 N–H and O–H groups in total. The van der Waals surface area contributed by atoms with Gasteiger partial charge in [-0.1, -0.05) is 25.1 Å². The molecular formula is C11H18N2S2. The fourth-order valence-corrected chi connectivity index (χ4v) is 4.32. The van der Waals surface area contributed by atoms with Crippen molar-refractivity contribution in [2.24, 2.45) is 11.7 Å². The van der Waals surface area contributed by atoms with E-state index in [0.717, 1.165) is 5.92 Å². The summed E-state index contributed by atoms with van der Waals surface area (Å²) in [7, 11) is 0. The highest BCUT2D eigenvalue weighted by atomic mass is 32.2. The summed E-state index contributed by atoms with van der Waals surface area (Å²) >= 11 is 3.60. The number of nitrogens with two attached hydrogens (primary N) is 1. The van der Waals surface area contributed by atoms with Gasteiger partial charge in [0.05, 0.1) is 0 Å². The summed E-state index contributed by atoms with van der Waals surface area (Å²) in [5, 5.41) is 2.61. The van der Waals surface area contributed by atoms with Crippen LogP contribution < -0.4 is 5.73 Å². The van der Waals surface area contributed by atoms with E-state index in [9.17, 15) is 0 Å². The molecule has 1 heterocycles. The maximum Gasteiger partial charge on any atom is 0.150 e. The predicted molar refractivity (Wildman–Crippen MR) is 67.4 cm³/mol. The van der Waals surface area contributed by atoms with Crippen molar-refractivity contribution >= 4 is 23.1 Å². The highest BCUT2D eigenvalue weighted by Crippen LogP contribution is 2.37. The Balaban J connectivity index is 1.94. The summed E-state index contributed by atoms with van der Waals surface area (Å²) in [6.45, 7) is 2.28. The fraction of sp³-hybridized carbons (Fsp3) is 0.727.